The van der Waals surface area contributed by atoms with E-state index in [-0.39, 0.29) is 4.90 Å². The lowest BCUT2D eigenvalue weighted by atomic mass is 9.98. The Morgan fingerprint density at radius 1 is 0.806 bits per heavy atom. The van der Waals surface area contributed by atoms with Gasteiger partial charge >= 0.3 is 0 Å². The van der Waals surface area contributed by atoms with Crippen LogP contribution in [0.5, 0.6) is 5.75 Å². The van der Waals surface area contributed by atoms with Crippen LogP contribution >= 0.6 is 0 Å². The maximum absolute atomic E-state index is 13.6. The molecule has 36 heavy (non-hydrogen) atoms. The third-order valence-electron chi connectivity index (χ3n) is 6.21. The Balaban J connectivity index is 1.66. The van der Waals surface area contributed by atoms with Crippen molar-refractivity contribution in [2.45, 2.75) is 4.90 Å². The molecule has 0 amide bonds. The van der Waals surface area contributed by atoms with Gasteiger partial charge in [-0.05, 0) is 53.6 Å². The van der Waals surface area contributed by atoms with Crippen LogP contribution in [-0.4, -0.2) is 29.5 Å². The quantitative estimate of drug-likeness (QED) is 0.289. The molecule has 3 heterocycles. The maximum Gasteiger partial charge on any atom is 0.269 e. The number of hydrogen-bond acceptors (Lipinski definition) is 5. The lowest BCUT2D eigenvalue weighted by Gasteiger charge is -2.13. The molecule has 7 heteroatoms. The van der Waals surface area contributed by atoms with Gasteiger partial charge in [-0.1, -0.05) is 54.6 Å². The number of methoxy groups -OCH3 is 1. The molecule has 0 unspecified atom stereocenters. The van der Waals surface area contributed by atoms with Gasteiger partial charge in [0.1, 0.15) is 5.75 Å². The predicted octanol–water partition coefficient (Wildman–Crippen LogP) is 6.16. The van der Waals surface area contributed by atoms with Crippen LogP contribution in [-0.2, 0) is 10.0 Å². The Morgan fingerprint density at radius 3 is 2.31 bits per heavy atom. The van der Waals surface area contributed by atoms with Crippen LogP contribution in [0.2, 0.25) is 0 Å². The van der Waals surface area contributed by atoms with Crippen LogP contribution in [0, 0.1) is 0 Å². The van der Waals surface area contributed by atoms with E-state index in [9.17, 15) is 8.42 Å². The molecule has 0 saturated carbocycles. The first-order chi connectivity index (χ1) is 17.6. The van der Waals surface area contributed by atoms with E-state index in [1.165, 1.54) is 3.97 Å². The maximum atomic E-state index is 13.6. The fourth-order valence-corrected chi connectivity index (χ4v) is 5.88. The molecule has 0 aliphatic heterocycles. The fourth-order valence-electron chi connectivity index (χ4n) is 4.53. The van der Waals surface area contributed by atoms with E-state index in [1.807, 2.05) is 60.7 Å². The van der Waals surface area contributed by atoms with Gasteiger partial charge in [-0.15, -0.1) is 0 Å². The first-order valence-electron chi connectivity index (χ1n) is 11.4. The Labute approximate surface area is 208 Å². The lowest BCUT2D eigenvalue weighted by molar-refractivity contribution is 0.420. The van der Waals surface area contributed by atoms with Crippen molar-refractivity contribution in [3.63, 3.8) is 0 Å². The van der Waals surface area contributed by atoms with Gasteiger partial charge in [0.15, 0.2) is 5.65 Å². The first-order valence-corrected chi connectivity index (χ1v) is 12.8. The Morgan fingerprint density at radius 2 is 1.56 bits per heavy atom. The summed E-state index contributed by atoms with van der Waals surface area (Å²) in [6.07, 6.45) is 3.21. The molecule has 6 rings (SSSR count). The zero-order valence-corrected chi connectivity index (χ0v) is 20.2. The number of fused-ring (bicyclic) bond motifs is 2. The van der Waals surface area contributed by atoms with Crippen molar-refractivity contribution >= 4 is 32.0 Å². The highest BCUT2D eigenvalue weighted by Gasteiger charge is 2.24. The molecule has 6 nitrogen and oxygen atoms in total. The monoisotopic (exact) mass is 491 g/mol. The van der Waals surface area contributed by atoms with E-state index in [1.54, 1.807) is 55.9 Å². The third-order valence-corrected chi connectivity index (χ3v) is 7.87. The number of rotatable bonds is 5. The molecule has 0 radical (unpaired) electrons. The second-order valence-electron chi connectivity index (χ2n) is 8.31. The summed E-state index contributed by atoms with van der Waals surface area (Å²) in [5, 5.41) is 1.60. The fraction of sp³-hybridized carbons (Fsp3) is 0.0345. The highest BCUT2D eigenvalue weighted by molar-refractivity contribution is 7.90. The Hall–Kier alpha value is -4.49. The molecule has 0 bridgehead atoms. The van der Waals surface area contributed by atoms with Crippen molar-refractivity contribution in [1.82, 2.24) is 13.9 Å². The Kier molecular flexibility index (Phi) is 5.27. The van der Waals surface area contributed by atoms with Gasteiger partial charge < -0.3 is 4.74 Å². The molecule has 0 aliphatic carbocycles. The molecule has 0 aliphatic rings. The van der Waals surface area contributed by atoms with Gasteiger partial charge in [-0.25, -0.2) is 22.4 Å². The molecule has 176 valence electrons. The summed E-state index contributed by atoms with van der Waals surface area (Å²) in [5.74, 6) is 0.723. The zero-order valence-electron chi connectivity index (χ0n) is 19.4. The molecular weight excluding hydrogens is 470 g/mol. The normalized spacial score (nSPS) is 11.7. The van der Waals surface area contributed by atoms with E-state index >= 15 is 0 Å². The van der Waals surface area contributed by atoms with Crippen LogP contribution in [0.1, 0.15) is 0 Å². The number of pyridine rings is 2. The van der Waals surface area contributed by atoms with Gasteiger partial charge in [0.2, 0.25) is 0 Å². The Bertz CT molecular complexity index is 1830. The van der Waals surface area contributed by atoms with E-state index in [4.69, 9.17) is 9.72 Å². The highest BCUT2D eigenvalue weighted by Crippen LogP contribution is 2.39. The van der Waals surface area contributed by atoms with Crippen LogP contribution in [0.3, 0.4) is 0 Å². The minimum Gasteiger partial charge on any atom is -0.496 e. The summed E-state index contributed by atoms with van der Waals surface area (Å²) in [6, 6.07) is 29.8. The summed E-state index contributed by atoms with van der Waals surface area (Å²) in [6.45, 7) is 0. The van der Waals surface area contributed by atoms with E-state index in [0.717, 1.165) is 27.8 Å². The van der Waals surface area contributed by atoms with Crippen LogP contribution < -0.4 is 4.74 Å². The second kappa shape index (κ2) is 8.62. The molecule has 0 fully saturated rings. The van der Waals surface area contributed by atoms with Gasteiger partial charge in [-0.2, -0.15) is 0 Å². The van der Waals surface area contributed by atoms with Gasteiger partial charge in [0.25, 0.3) is 10.0 Å². The topological polar surface area (TPSA) is 74.1 Å². The van der Waals surface area contributed by atoms with E-state index < -0.39 is 10.0 Å². The minimum atomic E-state index is -3.86. The SMILES string of the molecule is COc1cccc2nc(-c3cn(S(=O)(=O)c4ccccc4)c4ncccc34)cc(-c3ccccc3)c12. The molecule has 0 spiro atoms. The third kappa shape index (κ3) is 3.52. The lowest BCUT2D eigenvalue weighted by Crippen LogP contribution is -2.12. The zero-order chi connectivity index (χ0) is 24.7. The number of hydrogen-bond donors (Lipinski definition) is 0. The molecular formula is C29H21N3O3S. The standard InChI is InChI=1S/C29H21N3O3S/c1-35-27-16-8-15-25-28(27)23(20-10-4-2-5-11-20)18-26(31-25)24-19-32(29-22(24)14-9-17-30-29)36(33,34)21-12-6-3-7-13-21/h2-19H,1H3. The van der Waals surface area contributed by atoms with E-state index in [2.05, 4.69) is 4.98 Å². The largest absolute Gasteiger partial charge is 0.496 e. The molecule has 3 aromatic heterocycles. The van der Waals surface area contributed by atoms with Crippen LogP contribution in [0.25, 0.3) is 44.3 Å². The number of ether oxygens (including phenoxy) is 1. The van der Waals surface area contributed by atoms with Crippen molar-refractivity contribution in [3.05, 3.63) is 109 Å². The van der Waals surface area contributed by atoms with Gasteiger partial charge in [-0.3, -0.25) is 0 Å². The molecule has 6 aromatic rings. The van der Waals surface area contributed by atoms with Crippen molar-refractivity contribution in [3.8, 4) is 28.1 Å². The highest BCUT2D eigenvalue weighted by atomic mass is 32.2. The second-order valence-corrected chi connectivity index (χ2v) is 10.1. The summed E-state index contributed by atoms with van der Waals surface area (Å²) < 4.78 is 34.0. The average Bonchev–Trinajstić information content (AvgIpc) is 3.34. The predicted molar refractivity (Wildman–Crippen MR) is 141 cm³/mol. The molecule has 0 N–H and O–H groups in total. The van der Waals surface area contributed by atoms with Gasteiger partial charge in [0.05, 0.1) is 28.6 Å². The van der Waals surface area contributed by atoms with Crippen LogP contribution in [0.4, 0.5) is 0 Å². The number of aromatic nitrogens is 3. The van der Waals surface area contributed by atoms with Crippen molar-refractivity contribution in [1.29, 1.82) is 0 Å². The summed E-state index contributed by atoms with van der Waals surface area (Å²) >= 11 is 0. The molecule has 3 aromatic carbocycles. The van der Waals surface area contributed by atoms with E-state index in [0.29, 0.717) is 22.3 Å². The van der Waals surface area contributed by atoms with Crippen molar-refractivity contribution < 1.29 is 13.2 Å². The smallest absolute Gasteiger partial charge is 0.269 e. The number of benzene rings is 3. The number of nitrogens with zero attached hydrogens (tertiary/aromatic N) is 3. The first kappa shape index (κ1) is 22.0. The van der Waals surface area contributed by atoms with Crippen LogP contribution in [0.15, 0.2) is 114 Å². The molecule has 0 atom stereocenters. The minimum absolute atomic E-state index is 0.195. The van der Waals surface area contributed by atoms with Crippen molar-refractivity contribution in [2.24, 2.45) is 0 Å². The van der Waals surface area contributed by atoms with Gasteiger partial charge in [0, 0.05) is 23.3 Å². The average molecular weight is 492 g/mol. The summed E-state index contributed by atoms with van der Waals surface area (Å²) in [7, 11) is -2.22. The van der Waals surface area contributed by atoms with Crippen molar-refractivity contribution in [2.75, 3.05) is 7.11 Å². The summed E-state index contributed by atoms with van der Waals surface area (Å²) in [4.78, 5) is 9.56. The molecule has 0 saturated heterocycles. The summed E-state index contributed by atoms with van der Waals surface area (Å²) in [5.41, 5.74) is 4.39.